The SMILES string of the molecule is CCCCCCCCC(CCCCCCCC)OC(=O)CCCCCCCOC(=O)[C@@H]1C[C@H](OC(=O)CCN(C)CCO)CN1CCCCCCC(C)(C)C(=O)OCCCC(CCCCC)CCCCC. The summed E-state index contributed by atoms with van der Waals surface area (Å²) in [6.45, 7) is 16.1. The van der Waals surface area contributed by atoms with Crippen molar-refractivity contribution >= 4 is 23.9 Å². The van der Waals surface area contributed by atoms with Crippen LogP contribution >= 0.6 is 0 Å². The molecule has 0 spiro atoms. The van der Waals surface area contributed by atoms with E-state index < -0.39 is 11.5 Å². The van der Waals surface area contributed by atoms with Crippen molar-refractivity contribution in [2.75, 3.05) is 53.0 Å². The number of likely N-dealkylation sites (N-methyl/N-ethyl adjacent to an activating group) is 1. The Balaban J connectivity index is 2.54. The van der Waals surface area contributed by atoms with Crippen LogP contribution in [0.1, 0.15) is 279 Å². The van der Waals surface area contributed by atoms with Crippen LogP contribution < -0.4 is 0 Å². The van der Waals surface area contributed by atoms with Crippen LogP contribution in [-0.2, 0) is 38.1 Å². The van der Waals surface area contributed by atoms with Gasteiger partial charge in [0.15, 0.2) is 0 Å². The highest BCUT2D eigenvalue weighted by Crippen LogP contribution is 2.28. The second-order valence-corrected chi connectivity index (χ2v) is 22.2. The minimum atomic E-state index is -0.521. The summed E-state index contributed by atoms with van der Waals surface area (Å²) in [4.78, 5) is 56.3. The highest BCUT2D eigenvalue weighted by Gasteiger charge is 2.39. The molecule has 0 radical (unpaired) electrons. The van der Waals surface area contributed by atoms with E-state index in [-0.39, 0.29) is 49.1 Å². The van der Waals surface area contributed by atoms with Gasteiger partial charge in [-0.05, 0) is 97.6 Å². The van der Waals surface area contributed by atoms with Gasteiger partial charge in [0.25, 0.3) is 0 Å². The Labute approximate surface area is 437 Å². The number of esters is 4. The van der Waals surface area contributed by atoms with Gasteiger partial charge in [0.2, 0.25) is 0 Å². The molecule has 0 aromatic carbocycles. The standard InChI is InChI=1S/C60H114N2O9/c1-8-12-16-18-21-29-39-53(40-30-22-19-17-13-9-2)70-56(64)41-31-23-20-26-34-48-68-58(66)55-50-54(71-57(65)42-45-61(7)46-47-63)51-62(55)44-33-25-24-32-43-60(5,6)59(67)69-49-35-38-52(36-27-14-10-3)37-28-15-11-4/h52-55,63H,8-51H2,1-7H3/t54-,55-/m0/s1. The van der Waals surface area contributed by atoms with E-state index in [1.54, 1.807) is 0 Å². The molecule has 1 rings (SSSR count). The van der Waals surface area contributed by atoms with Crippen molar-refractivity contribution in [1.29, 1.82) is 0 Å². The van der Waals surface area contributed by atoms with Crippen molar-refractivity contribution in [2.24, 2.45) is 11.3 Å². The zero-order valence-electron chi connectivity index (χ0n) is 47.5. The summed E-state index contributed by atoms with van der Waals surface area (Å²) in [5.74, 6) is 0.0447. The van der Waals surface area contributed by atoms with Crippen LogP contribution in [0.2, 0.25) is 0 Å². The van der Waals surface area contributed by atoms with Crippen molar-refractivity contribution in [1.82, 2.24) is 9.80 Å². The Morgan fingerprint density at radius 2 is 1.08 bits per heavy atom. The fourth-order valence-electron chi connectivity index (χ4n) is 10.1. The first-order chi connectivity index (χ1) is 34.4. The molecule has 0 aliphatic carbocycles. The molecule has 0 aromatic heterocycles. The van der Waals surface area contributed by atoms with E-state index in [4.69, 9.17) is 18.9 Å². The van der Waals surface area contributed by atoms with Crippen molar-refractivity contribution in [3.8, 4) is 0 Å². The Kier molecular flexibility index (Phi) is 42.5. The molecule has 0 saturated carbocycles. The number of unbranched alkanes of at least 4 members (excludes halogenated alkanes) is 21. The maximum Gasteiger partial charge on any atom is 0.323 e. The summed E-state index contributed by atoms with van der Waals surface area (Å²) in [6.07, 6.45) is 39.1. The molecule has 0 amide bonds. The molecule has 1 heterocycles. The van der Waals surface area contributed by atoms with Gasteiger partial charge in [0.05, 0.1) is 31.7 Å². The lowest BCUT2D eigenvalue weighted by atomic mass is 9.87. The number of carbonyl (C=O) groups is 4. The summed E-state index contributed by atoms with van der Waals surface area (Å²) in [6, 6.07) is -0.460. The number of rotatable bonds is 50. The molecular formula is C60H114N2O9. The molecular weight excluding hydrogens is 893 g/mol. The molecule has 1 N–H and O–H groups in total. The van der Waals surface area contributed by atoms with Gasteiger partial charge in [-0.1, -0.05) is 182 Å². The number of ether oxygens (including phenoxy) is 4. The van der Waals surface area contributed by atoms with E-state index in [1.165, 1.54) is 116 Å². The van der Waals surface area contributed by atoms with Crippen LogP contribution in [0.3, 0.4) is 0 Å². The summed E-state index contributed by atoms with van der Waals surface area (Å²) in [5, 5.41) is 9.23. The van der Waals surface area contributed by atoms with Gasteiger partial charge in [-0.2, -0.15) is 0 Å². The number of carbonyl (C=O) groups excluding carboxylic acids is 4. The lowest BCUT2D eigenvalue weighted by Gasteiger charge is -2.24. The number of hydrogen-bond acceptors (Lipinski definition) is 11. The number of aliphatic hydroxyl groups is 1. The maximum atomic E-state index is 13.5. The van der Waals surface area contributed by atoms with E-state index >= 15 is 0 Å². The molecule has 1 fully saturated rings. The van der Waals surface area contributed by atoms with Gasteiger partial charge in [0.1, 0.15) is 18.2 Å². The number of hydrogen-bond donors (Lipinski definition) is 1. The third kappa shape index (κ3) is 36.4. The third-order valence-electron chi connectivity index (χ3n) is 14.9. The minimum absolute atomic E-state index is 0.0337. The van der Waals surface area contributed by atoms with Gasteiger partial charge >= 0.3 is 23.9 Å². The van der Waals surface area contributed by atoms with Crippen LogP contribution in [0.25, 0.3) is 0 Å². The number of likely N-dealkylation sites (tertiary alicyclic amines) is 1. The second-order valence-electron chi connectivity index (χ2n) is 22.2. The van der Waals surface area contributed by atoms with E-state index in [9.17, 15) is 24.3 Å². The Hall–Kier alpha value is -2.24. The molecule has 2 atom stereocenters. The van der Waals surface area contributed by atoms with Crippen LogP contribution in [0, 0.1) is 11.3 Å². The van der Waals surface area contributed by atoms with Crippen LogP contribution in [0.5, 0.6) is 0 Å². The summed E-state index contributed by atoms with van der Waals surface area (Å²) >= 11 is 0. The minimum Gasteiger partial charge on any atom is -0.465 e. The maximum absolute atomic E-state index is 13.5. The largest absolute Gasteiger partial charge is 0.465 e. The van der Waals surface area contributed by atoms with E-state index in [2.05, 4.69) is 32.6 Å². The Morgan fingerprint density at radius 3 is 1.70 bits per heavy atom. The lowest BCUT2D eigenvalue weighted by Crippen LogP contribution is -2.38. The van der Waals surface area contributed by atoms with Crippen molar-refractivity contribution in [2.45, 2.75) is 297 Å². The highest BCUT2D eigenvalue weighted by molar-refractivity contribution is 5.77. The van der Waals surface area contributed by atoms with Gasteiger partial charge in [-0.25, -0.2) is 0 Å². The van der Waals surface area contributed by atoms with E-state index in [0.717, 1.165) is 109 Å². The van der Waals surface area contributed by atoms with Gasteiger partial charge in [0, 0.05) is 32.5 Å². The predicted octanol–water partition coefficient (Wildman–Crippen LogP) is 14.7. The molecule has 71 heavy (non-hydrogen) atoms. The average Bonchev–Trinajstić information content (AvgIpc) is 3.75. The fraction of sp³-hybridized carbons (Fsp3) is 0.933. The Bertz CT molecular complexity index is 1270. The fourth-order valence-corrected chi connectivity index (χ4v) is 10.1. The molecule has 0 unspecified atom stereocenters. The quantitative estimate of drug-likeness (QED) is 0.0355. The third-order valence-corrected chi connectivity index (χ3v) is 14.9. The van der Waals surface area contributed by atoms with Crippen LogP contribution in [-0.4, -0.2) is 110 Å². The molecule has 0 bridgehead atoms. The first-order valence-corrected chi connectivity index (χ1v) is 30.2. The molecule has 11 heteroatoms. The molecule has 1 aliphatic rings. The first-order valence-electron chi connectivity index (χ1n) is 30.2. The van der Waals surface area contributed by atoms with E-state index in [0.29, 0.717) is 52.2 Å². The average molecular weight is 1010 g/mol. The van der Waals surface area contributed by atoms with Gasteiger partial charge < -0.3 is 29.0 Å². The predicted molar refractivity (Wildman–Crippen MR) is 292 cm³/mol. The van der Waals surface area contributed by atoms with Crippen molar-refractivity contribution in [3.63, 3.8) is 0 Å². The van der Waals surface area contributed by atoms with Gasteiger partial charge in [-0.15, -0.1) is 0 Å². The highest BCUT2D eigenvalue weighted by atomic mass is 16.6. The number of nitrogens with zero attached hydrogens (tertiary/aromatic N) is 2. The normalized spacial score (nSPS) is 15.3. The molecule has 0 aromatic rings. The lowest BCUT2D eigenvalue weighted by molar-refractivity contribution is -0.154. The molecule has 418 valence electrons. The Morgan fingerprint density at radius 1 is 0.577 bits per heavy atom. The van der Waals surface area contributed by atoms with E-state index in [1.807, 2.05) is 25.8 Å². The molecule has 11 nitrogen and oxygen atoms in total. The smallest absolute Gasteiger partial charge is 0.323 e. The summed E-state index contributed by atoms with van der Waals surface area (Å²) in [5.41, 5.74) is -0.521. The molecule has 1 aliphatic heterocycles. The summed E-state index contributed by atoms with van der Waals surface area (Å²) < 4.78 is 23.6. The van der Waals surface area contributed by atoms with Gasteiger partial charge in [-0.3, -0.25) is 24.1 Å². The second kappa shape index (κ2) is 45.2. The zero-order chi connectivity index (χ0) is 52.2. The zero-order valence-corrected chi connectivity index (χ0v) is 47.5. The first kappa shape index (κ1) is 66.8. The van der Waals surface area contributed by atoms with Crippen molar-refractivity contribution < 1.29 is 43.2 Å². The van der Waals surface area contributed by atoms with Crippen LogP contribution in [0.15, 0.2) is 0 Å². The summed E-state index contributed by atoms with van der Waals surface area (Å²) in [7, 11) is 1.86. The van der Waals surface area contributed by atoms with Crippen molar-refractivity contribution in [3.05, 3.63) is 0 Å². The topological polar surface area (TPSA) is 132 Å². The molecule has 1 saturated heterocycles. The van der Waals surface area contributed by atoms with Crippen LogP contribution in [0.4, 0.5) is 0 Å². The monoisotopic (exact) mass is 1010 g/mol. The number of aliphatic hydroxyl groups excluding tert-OH is 1.